The molecule has 4 nitrogen and oxygen atoms in total. The summed E-state index contributed by atoms with van der Waals surface area (Å²) in [5.41, 5.74) is 7.21. The van der Waals surface area contributed by atoms with Crippen LogP contribution < -0.4 is 15.4 Å². The fraction of sp³-hybridized carbons (Fsp3) is 0.647. The zero-order valence-electron chi connectivity index (χ0n) is 13.6. The van der Waals surface area contributed by atoms with Crippen LogP contribution in [0, 0.1) is 11.2 Å². The van der Waals surface area contributed by atoms with E-state index in [1.54, 1.807) is 13.2 Å². The highest BCUT2D eigenvalue weighted by Gasteiger charge is 2.37. The van der Waals surface area contributed by atoms with E-state index in [0.717, 1.165) is 25.9 Å². The van der Waals surface area contributed by atoms with Crippen LogP contribution >= 0.6 is 0 Å². The predicted octanol–water partition coefficient (Wildman–Crippen LogP) is 2.73. The van der Waals surface area contributed by atoms with Gasteiger partial charge in [-0.1, -0.05) is 0 Å². The standard InChI is InChI=1S/C17H26FN3O/c1-20-7-3-17(4-8-20)5-9-21(10-6-17)15-12-16(22-2)14(19)11-13(15)18/h11-12H,3-10,19H2,1-2H3. The number of nitrogen functional groups attached to an aromatic ring is 1. The maximum absolute atomic E-state index is 14.3. The summed E-state index contributed by atoms with van der Waals surface area (Å²) in [7, 11) is 3.76. The Bertz CT molecular complexity index is 531. The molecule has 1 spiro atoms. The molecule has 0 atom stereocenters. The summed E-state index contributed by atoms with van der Waals surface area (Å²) in [6.45, 7) is 4.19. The lowest BCUT2D eigenvalue weighted by Crippen LogP contribution is -2.46. The van der Waals surface area contributed by atoms with Crippen LogP contribution in [0.2, 0.25) is 0 Å². The van der Waals surface area contributed by atoms with Crippen LogP contribution in [0.4, 0.5) is 15.8 Å². The molecule has 2 aliphatic heterocycles. The van der Waals surface area contributed by atoms with E-state index >= 15 is 0 Å². The first-order chi connectivity index (χ1) is 10.5. The van der Waals surface area contributed by atoms with Crippen LogP contribution in [-0.2, 0) is 0 Å². The number of rotatable bonds is 2. The van der Waals surface area contributed by atoms with Crippen LogP contribution in [0.25, 0.3) is 0 Å². The van der Waals surface area contributed by atoms with Crippen molar-refractivity contribution in [3.05, 3.63) is 17.9 Å². The van der Waals surface area contributed by atoms with Gasteiger partial charge in [0.25, 0.3) is 0 Å². The van der Waals surface area contributed by atoms with Crippen molar-refractivity contribution in [1.29, 1.82) is 0 Å². The Morgan fingerprint density at radius 1 is 1.09 bits per heavy atom. The first-order valence-electron chi connectivity index (χ1n) is 8.09. The summed E-state index contributed by atoms with van der Waals surface area (Å²) in [6.07, 6.45) is 4.83. The summed E-state index contributed by atoms with van der Waals surface area (Å²) in [5, 5.41) is 0. The van der Waals surface area contributed by atoms with Crippen LogP contribution in [-0.4, -0.2) is 45.2 Å². The summed E-state index contributed by atoms with van der Waals surface area (Å²) in [6, 6.07) is 3.10. The fourth-order valence-corrected chi connectivity index (χ4v) is 3.79. The third-order valence-electron chi connectivity index (χ3n) is 5.51. The molecule has 0 unspecified atom stereocenters. The number of ether oxygens (including phenoxy) is 1. The Hall–Kier alpha value is -1.49. The van der Waals surface area contributed by atoms with E-state index in [-0.39, 0.29) is 5.82 Å². The van der Waals surface area contributed by atoms with Gasteiger partial charge in [-0.15, -0.1) is 0 Å². The number of hydrogen-bond donors (Lipinski definition) is 1. The highest BCUT2D eigenvalue weighted by Crippen LogP contribution is 2.42. The highest BCUT2D eigenvalue weighted by molar-refractivity contribution is 5.63. The fourth-order valence-electron chi connectivity index (χ4n) is 3.79. The van der Waals surface area contributed by atoms with Gasteiger partial charge in [0.05, 0.1) is 18.5 Å². The first-order valence-corrected chi connectivity index (χ1v) is 8.09. The van der Waals surface area contributed by atoms with E-state index in [1.807, 2.05) is 0 Å². The van der Waals surface area contributed by atoms with E-state index in [1.165, 1.54) is 32.0 Å². The monoisotopic (exact) mass is 307 g/mol. The minimum Gasteiger partial charge on any atom is -0.495 e. The molecule has 2 fully saturated rings. The van der Waals surface area contributed by atoms with Gasteiger partial charge >= 0.3 is 0 Å². The van der Waals surface area contributed by atoms with Gasteiger partial charge in [-0.05, 0) is 51.2 Å². The zero-order chi connectivity index (χ0) is 15.7. The molecule has 2 saturated heterocycles. The SMILES string of the molecule is COc1cc(N2CCC3(CCN(C)CC3)CC2)c(F)cc1N. The normalized spacial score (nSPS) is 22.0. The number of piperidine rings is 2. The highest BCUT2D eigenvalue weighted by atomic mass is 19.1. The van der Waals surface area contributed by atoms with Crippen LogP contribution in [0.5, 0.6) is 5.75 Å². The lowest BCUT2D eigenvalue weighted by atomic mass is 9.71. The number of likely N-dealkylation sites (tertiary alicyclic amines) is 1. The van der Waals surface area contributed by atoms with Gasteiger partial charge in [0, 0.05) is 25.2 Å². The maximum Gasteiger partial charge on any atom is 0.148 e. The van der Waals surface area contributed by atoms with Crippen LogP contribution in [0.3, 0.4) is 0 Å². The van der Waals surface area contributed by atoms with E-state index < -0.39 is 0 Å². The van der Waals surface area contributed by atoms with Gasteiger partial charge in [0.1, 0.15) is 11.6 Å². The van der Waals surface area contributed by atoms with Gasteiger partial charge in [-0.25, -0.2) is 4.39 Å². The number of hydrogen-bond acceptors (Lipinski definition) is 4. The lowest BCUT2D eigenvalue weighted by molar-refractivity contribution is 0.0943. The molecule has 122 valence electrons. The molecule has 2 aliphatic rings. The van der Waals surface area contributed by atoms with Crippen LogP contribution in [0.1, 0.15) is 25.7 Å². The van der Waals surface area contributed by atoms with Crippen molar-refractivity contribution in [2.45, 2.75) is 25.7 Å². The smallest absolute Gasteiger partial charge is 0.148 e. The average molecular weight is 307 g/mol. The molecular formula is C17H26FN3O. The number of anilines is 2. The molecule has 0 bridgehead atoms. The summed E-state index contributed by atoms with van der Waals surface area (Å²) in [4.78, 5) is 4.54. The summed E-state index contributed by atoms with van der Waals surface area (Å²) < 4.78 is 19.5. The third kappa shape index (κ3) is 2.86. The summed E-state index contributed by atoms with van der Waals surface area (Å²) >= 11 is 0. The Kier molecular flexibility index (Phi) is 4.17. The molecule has 0 aliphatic carbocycles. The lowest BCUT2D eigenvalue weighted by Gasteiger charge is -2.46. The first kappa shape index (κ1) is 15.4. The minimum absolute atomic E-state index is 0.252. The number of methoxy groups -OCH3 is 1. The van der Waals surface area contributed by atoms with Gasteiger partial charge in [-0.2, -0.15) is 0 Å². The van der Waals surface area contributed by atoms with E-state index in [4.69, 9.17) is 10.5 Å². The predicted molar refractivity (Wildman–Crippen MR) is 88.0 cm³/mol. The Morgan fingerprint density at radius 2 is 1.68 bits per heavy atom. The summed E-state index contributed by atoms with van der Waals surface area (Å²) in [5.74, 6) is 0.300. The van der Waals surface area contributed by atoms with Crippen molar-refractivity contribution in [3.63, 3.8) is 0 Å². The number of benzene rings is 1. The van der Waals surface area contributed by atoms with Crippen molar-refractivity contribution in [2.24, 2.45) is 5.41 Å². The van der Waals surface area contributed by atoms with Crippen molar-refractivity contribution in [2.75, 3.05) is 51.0 Å². The number of nitrogens with zero attached hydrogens (tertiary/aromatic N) is 2. The zero-order valence-corrected chi connectivity index (χ0v) is 13.6. The van der Waals surface area contributed by atoms with Crippen molar-refractivity contribution < 1.29 is 9.13 Å². The maximum atomic E-state index is 14.3. The van der Waals surface area contributed by atoms with E-state index in [9.17, 15) is 4.39 Å². The van der Waals surface area contributed by atoms with Gasteiger partial charge in [0.15, 0.2) is 0 Å². The molecule has 0 amide bonds. The molecule has 0 aromatic heterocycles. The molecule has 0 saturated carbocycles. The minimum atomic E-state index is -0.252. The van der Waals surface area contributed by atoms with Crippen LogP contribution in [0.15, 0.2) is 12.1 Å². The number of halogens is 1. The Labute approximate surface area is 132 Å². The average Bonchev–Trinajstić information content (AvgIpc) is 2.52. The molecule has 0 radical (unpaired) electrons. The molecule has 2 N–H and O–H groups in total. The number of nitrogens with two attached hydrogens (primary N) is 1. The Balaban J connectivity index is 1.71. The van der Waals surface area contributed by atoms with E-state index in [2.05, 4.69) is 16.8 Å². The third-order valence-corrected chi connectivity index (χ3v) is 5.51. The second-order valence-corrected chi connectivity index (χ2v) is 6.84. The van der Waals surface area contributed by atoms with Crippen molar-refractivity contribution in [1.82, 2.24) is 4.90 Å². The molecule has 1 aromatic rings. The second-order valence-electron chi connectivity index (χ2n) is 6.84. The molecule has 5 heteroatoms. The molecule has 2 heterocycles. The molecule has 22 heavy (non-hydrogen) atoms. The van der Waals surface area contributed by atoms with Gasteiger partial charge in [0.2, 0.25) is 0 Å². The van der Waals surface area contributed by atoms with Crippen molar-refractivity contribution in [3.8, 4) is 5.75 Å². The molecular weight excluding hydrogens is 281 g/mol. The molecule has 1 aromatic carbocycles. The topological polar surface area (TPSA) is 41.7 Å². The molecule has 3 rings (SSSR count). The van der Waals surface area contributed by atoms with Gasteiger partial charge < -0.3 is 20.3 Å². The largest absolute Gasteiger partial charge is 0.495 e. The quantitative estimate of drug-likeness (QED) is 0.853. The van der Waals surface area contributed by atoms with Crippen molar-refractivity contribution >= 4 is 11.4 Å². The second kappa shape index (κ2) is 5.95. The van der Waals surface area contributed by atoms with E-state index in [0.29, 0.717) is 22.5 Å². The Morgan fingerprint density at radius 3 is 2.27 bits per heavy atom. The van der Waals surface area contributed by atoms with Gasteiger partial charge in [-0.3, -0.25) is 0 Å².